The van der Waals surface area contributed by atoms with E-state index in [1.54, 1.807) is 5.17 Å². The van der Waals surface area contributed by atoms with Crippen LogP contribution in [0.4, 0.5) is 0 Å². The van der Waals surface area contributed by atoms with Gasteiger partial charge in [-0.1, -0.05) is 31.9 Å². The third kappa shape index (κ3) is 12.2. The van der Waals surface area contributed by atoms with Gasteiger partial charge in [-0.15, -0.1) is 64.5 Å². The molecule has 0 spiro atoms. The summed E-state index contributed by atoms with van der Waals surface area (Å²) < 4.78 is 0. The topological polar surface area (TPSA) is 0 Å². The summed E-state index contributed by atoms with van der Waals surface area (Å²) in [6.07, 6.45) is 7.00. The summed E-state index contributed by atoms with van der Waals surface area (Å²) >= 11 is 0. The van der Waals surface area contributed by atoms with Crippen molar-refractivity contribution in [2.45, 2.75) is 46.5 Å². The summed E-state index contributed by atoms with van der Waals surface area (Å²) in [5.41, 5.74) is 0. The molecular formula is C28H36SiTi. The number of hydrogen-bond donors (Lipinski definition) is 0. The smallest absolute Gasteiger partial charge is 0.343 e. The predicted molar refractivity (Wildman–Crippen MR) is 138 cm³/mol. The van der Waals surface area contributed by atoms with Crippen molar-refractivity contribution in [3.63, 3.8) is 0 Å². The van der Waals surface area contributed by atoms with Crippen LogP contribution in [0.5, 0.6) is 0 Å². The van der Waals surface area contributed by atoms with Gasteiger partial charge in [-0.25, -0.2) is 0 Å². The molecule has 0 amide bonds. The van der Waals surface area contributed by atoms with Crippen molar-refractivity contribution in [1.82, 2.24) is 0 Å². The van der Waals surface area contributed by atoms with Gasteiger partial charge in [-0.2, -0.15) is 54.8 Å². The molecule has 0 nitrogen and oxygen atoms in total. The van der Waals surface area contributed by atoms with E-state index in [-0.39, 0.29) is 21.7 Å². The number of hydrogen-bond acceptors (Lipinski definition) is 0. The van der Waals surface area contributed by atoms with Crippen molar-refractivity contribution >= 4 is 36.6 Å². The molecule has 0 aliphatic rings. The van der Waals surface area contributed by atoms with Crippen LogP contribution in [-0.4, -0.2) is 15.0 Å². The van der Waals surface area contributed by atoms with Gasteiger partial charge >= 0.3 is 21.7 Å². The second-order valence-electron chi connectivity index (χ2n) is 7.07. The Bertz CT molecular complexity index is 788. The fraction of sp³-hybridized carbons (Fsp3) is 0.250. The second-order valence-corrected chi connectivity index (χ2v) is 8.27. The summed E-state index contributed by atoms with van der Waals surface area (Å²) in [5.74, 6) is 0. The van der Waals surface area contributed by atoms with Crippen LogP contribution in [0.25, 0.3) is 21.5 Å². The first-order valence-electron chi connectivity index (χ1n) is 10.5. The third-order valence-electron chi connectivity index (χ3n) is 4.31. The van der Waals surface area contributed by atoms with Gasteiger partial charge in [0.1, 0.15) is 0 Å². The zero-order valence-electron chi connectivity index (χ0n) is 18.9. The number of unbranched alkanes of at least 4 members (excludes halogenated alkanes) is 2. The molecule has 0 fully saturated rings. The summed E-state index contributed by atoms with van der Waals surface area (Å²) in [6.45, 7) is 10.0. The van der Waals surface area contributed by atoms with E-state index in [1.807, 2.05) is 9.85 Å². The van der Waals surface area contributed by atoms with Crippen molar-refractivity contribution < 1.29 is 21.7 Å². The Morgan fingerprint density at radius 2 is 1.33 bits per heavy atom. The minimum atomic E-state index is 0. The maximum atomic E-state index is 3.60. The third-order valence-corrected chi connectivity index (χ3v) is 4.66. The number of benzene rings is 2. The van der Waals surface area contributed by atoms with E-state index >= 15 is 0 Å². The van der Waals surface area contributed by atoms with Crippen molar-refractivity contribution in [1.29, 1.82) is 0 Å². The van der Waals surface area contributed by atoms with E-state index < -0.39 is 0 Å². The van der Waals surface area contributed by atoms with Gasteiger partial charge in [0.25, 0.3) is 0 Å². The van der Waals surface area contributed by atoms with E-state index in [2.05, 4.69) is 119 Å². The van der Waals surface area contributed by atoms with E-state index in [1.165, 1.54) is 40.8 Å². The minimum Gasteiger partial charge on any atom is -0.343 e. The van der Waals surface area contributed by atoms with Crippen LogP contribution in [0.2, 0.25) is 0 Å². The minimum absolute atomic E-state index is 0. The predicted octanol–water partition coefficient (Wildman–Crippen LogP) is 7.55. The van der Waals surface area contributed by atoms with Gasteiger partial charge < -0.3 is 13.3 Å². The van der Waals surface area contributed by atoms with Gasteiger partial charge in [0.05, 0.1) is 0 Å². The fourth-order valence-electron chi connectivity index (χ4n) is 2.53. The largest absolute Gasteiger partial charge is 4.00 e. The molecule has 0 radical (unpaired) electrons. The standard InChI is InChI=1S/2C9H7.C6H13Si.C4H9.Ti/c2*1-2-5-9-7-3-6-8(9)4-1;1-3-4-5-6(2)7;1-3-4-2;/h2*1-7H;3H,4-5,7H2,1-2H3;1,3-4H2,2H3;/q4*-1;+4. The van der Waals surface area contributed by atoms with Gasteiger partial charge in [0, 0.05) is 0 Å². The SMILES string of the molecule is C[CH-]CCC(C)=[SiH2].[CH2-]CCC.[Ti+4].c1ccc2[cH-]ccc2c1.c1ccc2[cH-]ccc2c1. The molecule has 0 saturated carbocycles. The molecule has 0 aliphatic heterocycles. The van der Waals surface area contributed by atoms with Crippen LogP contribution in [0, 0.1) is 13.3 Å². The molecule has 0 N–H and O–H groups in total. The molecule has 0 saturated heterocycles. The molecule has 4 rings (SSSR count). The Labute approximate surface area is 202 Å². The Morgan fingerprint density at radius 3 is 1.63 bits per heavy atom. The monoisotopic (exact) mass is 448 g/mol. The molecule has 0 heterocycles. The van der Waals surface area contributed by atoms with Crippen LogP contribution in [-0.2, 0) is 21.7 Å². The molecule has 30 heavy (non-hydrogen) atoms. The number of rotatable bonds is 4. The van der Waals surface area contributed by atoms with Crippen LogP contribution in [0.3, 0.4) is 0 Å². The average Bonchev–Trinajstić information content (AvgIpc) is 3.42. The molecule has 0 aliphatic carbocycles. The molecule has 2 heteroatoms. The first kappa shape index (κ1) is 28.5. The Kier molecular flexibility index (Phi) is 17.3. The Hall–Kier alpha value is -1.54. The molecule has 0 bridgehead atoms. The molecule has 4 aromatic carbocycles. The van der Waals surface area contributed by atoms with Crippen LogP contribution in [0.1, 0.15) is 46.5 Å². The normalized spacial score (nSPS) is 9.20. The fourth-order valence-corrected chi connectivity index (χ4v) is 2.73. The molecule has 4 aromatic rings. The summed E-state index contributed by atoms with van der Waals surface area (Å²) in [6, 6.07) is 29.3. The molecule has 0 atom stereocenters. The van der Waals surface area contributed by atoms with E-state index in [4.69, 9.17) is 0 Å². The van der Waals surface area contributed by atoms with Crippen molar-refractivity contribution in [2.75, 3.05) is 0 Å². The molecule has 0 unspecified atom stereocenters. The maximum Gasteiger partial charge on any atom is 4.00 e. The Morgan fingerprint density at radius 1 is 0.900 bits per heavy atom. The van der Waals surface area contributed by atoms with Gasteiger partial charge in [0.15, 0.2) is 0 Å². The van der Waals surface area contributed by atoms with E-state index in [0.29, 0.717) is 0 Å². The van der Waals surface area contributed by atoms with Crippen LogP contribution < -0.4 is 0 Å². The molecule has 0 aromatic heterocycles. The summed E-state index contributed by atoms with van der Waals surface area (Å²) in [4.78, 5) is 0. The summed E-state index contributed by atoms with van der Waals surface area (Å²) in [7, 11) is 1.99. The first-order chi connectivity index (χ1) is 14.1. The van der Waals surface area contributed by atoms with E-state index in [0.717, 1.165) is 6.42 Å². The zero-order chi connectivity index (χ0) is 21.3. The summed E-state index contributed by atoms with van der Waals surface area (Å²) in [5, 5.41) is 6.88. The van der Waals surface area contributed by atoms with Crippen molar-refractivity contribution in [2.24, 2.45) is 0 Å². The van der Waals surface area contributed by atoms with E-state index in [9.17, 15) is 0 Å². The Balaban J connectivity index is 0.000000385. The second kappa shape index (κ2) is 18.2. The number of fused-ring (bicyclic) bond motifs is 2. The van der Waals surface area contributed by atoms with Crippen LogP contribution >= 0.6 is 0 Å². The van der Waals surface area contributed by atoms with Crippen LogP contribution in [0.15, 0.2) is 84.9 Å². The molecule has 156 valence electrons. The van der Waals surface area contributed by atoms with Gasteiger partial charge in [-0.3, -0.25) is 0 Å². The van der Waals surface area contributed by atoms with Gasteiger partial charge in [-0.05, 0) is 16.8 Å². The maximum absolute atomic E-state index is 3.60. The quantitative estimate of drug-likeness (QED) is 0.223. The first-order valence-corrected chi connectivity index (χ1v) is 11.2. The average molecular weight is 449 g/mol. The van der Waals surface area contributed by atoms with Crippen molar-refractivity contribution in [3.8, 4) is 0 Å². The van der Waals surface area contributed by atoms with Gasteiger partial charge in [0.2, 0.25) is 0 Å². The molecular weight excluding hydrogens is 412 g/mol. The zero-order valence-corrected chi connectivity index (χ0v) is 21.9. The van der Waals surface area contributed by atoms with Crippen molar-refractivity contribution in [3.05, 3.63) is 98.3 Å².